The van der Waals surface area contributed by atoms with Crippen LogP contribution in [0.1, 0.15) is 21.6 Å². The maximum absolute atomic E-state index is 12.7. The number of halogens is 3. The number of benzene rings is 2. The lowest BCUT2D eigenvalue weighted by Crippen LogP contribution is -2.23. The highest BCUT2D eigenvalue weighted by molar-refractivity contribution is 6.00. The molecule has 0 spiro atoms. The average molecular weight is 356 g/mol. The third-order valence-electron chi connectivity index (χ3n) is 3.85. The number of amides is 1. The molecule has 1 N–H and O–H groups in total. The summed E-state index contributed by atoms with van der Waals surface area (Å²) in [4.78, 5) is 16.7. The Balaban J connectivity index is 1.82. The third kappa shape index (κ3) is 4.08. The van der Waals surface area contributed by atoms with E-state index >= 15 is 0 Å². The molecule has 0 fully saturated rings. The van der Waals surface area contributed by atoms with Crippen LogP contribution in [-0.4, -0.2) is 10.9 Å². The van der Waals surface area contributed by atoms with Gasteiger partial charge in [0, 0.05) is 11.8 Å². The van der Waals surface area contributed by atoms with Gasteiger partial charge in [-0.1, -0.05) is 36.4 Å². The van der Waals surface area contributed by atoms with Gasteiger partial charge in [0.2, 0.25) is 0 Å². The van der Waals surface area contributed by atoms with Crippen molar-refractivity contribution in [2.75, 3.05) is 0 Å². The Labute approximate surface area is 148 Å². The zero-order valence-electron chi connectivity index (χ0n) is 13.6. The molecule has 0 unspecified atom stereocenters. The summed E-state index contributed by atoms with van der Waals surface area (Å²) in [5, 5.41) is 2.78. The molecule has 0 saturated heterocycles. The van der Waals surface area contributed by atoms with Crippen LogP contribution in [-0.2, 0) is 12.7 Å². The molecule has 26 heavy (non-hydrogen) atoms. The molecule has 0 aliphatic heterocycles. The number of pyridine rings is 1. The van der Waals surface area contributed by atoms with Crippen LogP contribution < -0.4 is 5.32 Å². The Kier molecular flexibility index (Phi) is 5.02. The second-order valence-corrected chi connectivity index (χ2v) is 5.62. The van der Waals surface area contributed by atoms with E-state index in [0.717, 1.165) is 12.1 Å². The number of carbonyl (C=O) groups is 1. The fraction of sp³-hybridized carbons (Fsp3) is 0.100. The first kappa shape index (κ1) is 17.7. The number of nitrogens with zero attached hydrogens (tertiary/aromatic N) is 1. The number of carbonyl (C=O) groups excluding carboxylic acids is 1. The summed E-state index contributed by atoms with van der Waals surface area (Å²) in [7, 11) is 0. The molecule has 2 aromatic carbocycles. The molecule has 0 bridgehead atoms. The van der Waals surface area contributed by atoms with Crippen LogP contribution in [0.5, 0.6) is 0 Å². The fourth-order valence-electron chi connectivity index (χ4n) is 2.54. The average Bonchev–Trinajstić information content (AvgIpc) is 2.66. The minimum atomic E-state index is -4.39. The molecule has 3 nitrogen and oxygen atoms in total. The topological polar surface area (TPSA) is 42.0 Å². The number of nitrogens with one attached hydrogen (secondary N) is 1. The van der Waals surface area contributed by atoms with E-state index in [9.17, 15) is 18.0 Å². The minimum absolute atomic E-state index is 0.265. The van der Waals surface area contributed by atoms with Crippen molar-refractivity contribution in [3.05, 3.63) is 89.7 Å². The fourth-order valence-corrected chi connectivity index (χ4v) is 2.54. The van der Waals surface area contributed by atoms with Crippen molar-refractivity contribution in [1.29, 1.82) is 0 Å². The van der Waals surface area contributed by atoms with E-state index in [1.165, 1.54) is 12.1 Å². The van der Waals surface area contributed by atoms with E-state index < -0.39 is 11.7 Å². The highest BCUT2D eigenvalue weighted by Gasteiger charge is 2.30. The summed E-state index contributed by atoms with van der Waals surface area (Å²) < 4.78 is 38.2. The van der Waals surface area contributed by atoms with E-state index in [1.54, 1.807) is 42.6 Å². The maximum Gasteiger partial charge on any atom is 0.416 e. The van der Waals surface area contributed by atoms with E-state index in [4.69, 9.17) is 0 Å². The normalized spacial score (nSPS) is 11.2. The lowest BCUT2D eigenvalue weighted by molar-refractivity contribution is -0.137. The van der Waals surface area contributed by atoms with Crippen molar-refractivity contribution in [3.8, 4) is 11.1 Å². The Morgan fingerprint density at radius 2 is 1.62 bits per heavy atom. The molecule has 1 amide bonds. The van der Waals surface area contributed by atoms with Gasteiger partial charge in [-0.15, -0.1) is 0 Å². The van der Waals surface area contributed by atoms with Crippen molar-refractivity contribution in [3.63, 3.8) is 0 Å². The summed E-state index contributed by atoms with van der Waals surface area (Å²) in [6.07, 6.45) is -2.75. The van der Waals surface area contributed by atoms with Gasteiger partial charge >= 0.3 is 6.18 Å². The number of aromatic nitrogens is 1. The Hall–Kier alpha value is -3.15. The predicted molar refractivity (Wildman–Crippen MR) is 92.3 cm³/mol. The predicted octanol–water partition coefficient (Wildman–Crippen LogP) is 4.70. The third-order valence-corrected chi connectivity index (χ3v) is 3.85. The number of rotatable bonds is 4. The standard InChI is InChI=1S/C20H15F3N2O/c21-20(22,23)15-10-8-14(9-11-15)17-6-1-2-7-18(17)19(26)25-13-16-5-3-4-12-24-16/h1-12H,13H2,(H,25,26). The zero-order chi connectivity index (χ0) is 18.6. The molecule has 0 aliphatic rings. The molecule has 1 heterocycles. The summed E-state index contributed by atoms with van der Waals surface area (Å²) in [5.41, 5.74) is 1.50. The van der Waals surface area contributed by atoms with Crippen LogP contribution in [0.15, 0.2) is 72.9 Å². The summed E-state index contributed by atoms with van der Waals surface area (Å²) in [6, 6.07) is 17.0. The summed E-state index contributed by atoms with van der Waals surface area (Å²) in [6.45, 7) is 0.265. The van der Waals surface area contributed by atoms with E-state index in [1.807, 2.05) is 6.07 Å². The van der Waals surface area contributed by atoms with Crippen molar-refractivity contribution >= 4 is 5.91 Å². The Bertz CT molecular complexity index is 891. The first-order chi connectivity index (χ1) is 12.4. The van der Waals surface area contributed by atoms with Crippen molar-refractivity contribution in [2.45, 2.75) is 12.7 Å². The molecule has 0 radical (unpaired) electrons. The second-order valence-electron chi connectivity index (χ2n) is 5.62. The molecular weight excluding hydrogens is 341 g/mol. The van der Waals surface area contributed by atoms with Gasteiger partial charge in [-0.25, -0.2) is 0 Å². The van der Waals surface area contributed by atoms with Gasteiger partial charge in [-0.05, 0) is 41.5 Å². The number of hydrogen-bond acceptors (Lipinski definition) is 2. The number of hydrogen-bond donors (Lipinski definition) is 1. The van der Waals surface area contributed by atoms with Crippen LogP contribution >= 0.6 is 0 Å². The SMILES string of the molecule is O=C(NCc1ccccn1)c1ccccc1-c1ccc(C(F)(F)F)cc1. The molecule has 1 aromatic heterocycles. The van der Waals surface area contributed by atoms with Crippen LogP contribution in [0.2, 0.25) is 0 Å². The first-order valence-corrected chi connectivity index (χ1v) is 7.90. The minimum Gasteiger partial charge on any atom is -0.346 e. The molecular formula is C20H15F3N2O. The van der Waals surface area contributed by atoms with Gasteiger partial charge in [0.1, 0.15) is 0 Å². The van der Waals surface area contributed by atoms with Gasteiger partial charge in [-0.2, -0.15) is 13.2 Å². The van der Waals surface area contributed by atoms with Gasteiger partial charge in [0.05, 0.1) is 17.8 Å². The van der Waals surface area contributed by atoms with Crippen LogP contribution in [0.25, 0.3) is 11.1 Å². The molecule has 0 saturated carbocycles. The lowest BCUT2D eigenvalue weighted by Gasteiger charge is -2.12. The van der Waals surface area contributed by atoms with Crippen LogP contribution in [0.3, 0.4) is 0 Å². The highest BCUT2D eigenvalue weighted by Crippen LogP contribution is 2.31. The van der Waals surface area contributed by atoms with Gasteiger partial charge in [0.25, 0.3) is 5.91 Å². The van der Waals surface area contributed by atoms with Crippen LogP contribution in [0, 0.1) is 0 Å². The van der Waals surface area contributed by atoms with Crippen molar-refractivity contribution in [1.82, 2.24) is 10.3 Å². The molecule has 0 atom stereocenters. The maximum atomic E-state index is 12.7. The van der Waals surface area contributed by atoms with Gasteiger partial charge in [0.15, 0.2) is 0 Å². The van der Waals surface area contributed by atoms with E-state index in [0.29, 0.717) is 22.4 Å². The molecule has 0 aliphatic carbocycles. The second kappa shape index (κ2) is 7.39. The Morgan fingerprint density at radius 1 is 0.923 bits per heavy atom. The largest absolute Gasteiger partial charge is 0.416 e. The molecule has 3 rings (SSSR count). The lowest BCUT2D eigenvalue weighted by atomic mass is 9.98. The molecule has 3 aromatic rings. The van der Waals surface area contributed by atoms with Crippen molar-refractivity contribution < 1.29 is 18.0 Å². The van der Waals surface area contributed by atoms with Crippen LogP contribution in [0.4, 0.5) is 13.2 Å². The molecule has 6 heteroatoms. The zero-order valence-corrected chi connectivity index (χ0v) is 13.6. The molecule has 132 valence electrons. The summed E-state index contributed by atoms with van der Waals surface area (Å²) >= 11 is 0. The quantitative estimate of drug-likeness (QED) is 0.736. The monoisotopic (exact) mass is 356 g/mol. The number of alkyl halides is 3. The van der Waals surface area contributed by atoms with E-state index in [2.05, 4.69) is 10.3 Å². The summed E-state index contributed by atoms with van der Waals surface area (Å²) in [5.74, 6) is -0.314. The van der Waals surface area contributed by atoms with Gasteiger partial charge < -0.3 is 5.32 Å². The van der Waals surface area contributed by atoms with E-state index in [-0.39, 0.29) is 12.5 Å². The smallest absolute Gasteiger partial charge is 0.346 e. The Morgan fingerprint density at radius 3 is 2.27 bits per heavy atom. The first-order valence-electron chi connectivity index (χ1n) is 7.90. The highest BCUT2D eigenvalue weighted by atomic mass is 19.4. The van der Waals surface area contributed by atoms with Crippen molar-refractivity contribution in [2.24, 2.45) is 0 Å². The van der Waals surface area contributed by atoms with Gasteiger partial charge in [-0.3, -0.25) is 9.78 Å².